The largest absolute Gasteiger partial charge is 0.493 e. The fraction of sp³-hybridized carbons (Fsp3) is 0.464. The maximum absolute atomic E-state index is 13.6. The van der Waals surface area contributed by atoms with Gasteiger partial charge in [-0.2, -0.15) is 18.4 Å². The Kier molecular flexibility index (Phi) is 8.47. The van der Waals surface area contributed by atoms with Crippen molar-refractivity contribution in [2.24, 2.45) is 5.92 Å². The molecule has 0 atom stereocenters. The van der Waals surface area contributed by atoms with Gasteiger partial charge in [-0.05, 0) is 106 Å². The molecule has 0 radical (unpaired) electrons. The van der Waals surface area contributed by atoms with Gasteiger partial charge in [-0.15, -0.1) is 0 Å². The number of nitriles is 1. The van der Waals surface area contributed by atoms with E-state index in [1.807, 2.05) is 0 Å². The number of nitrogens with zero attached hydrogens (tertiary/aromatic N) is 3. The van der Waals surface area contributed by atoms with Crippen LogP contribution in [0.5, 0.6) is 5.75 Å². The van der Waals surface area contributed by atoms with Crippen LogP contribution in [0.1, 0.15) is 49.8 Å². The summed E-state index contributed by atoms with van der Waals surface area (Å²) < 4.78 is 60.3. The molecule has 39 heavy (non-hydrogen) atoms. The van der Waals surface area contributed by atoms with Gasteiger partial charge in [0, 0.05) is 12.1 Å². The third kappa shape index (κ3) is 5.87. The van der Waals surface area contributed by atoms with Crippen LogP contribution >= 0.6 is 12.2 Å². The van der Waals surface area contributed by atoms with E-state index >= 15 is 0 Å². The minimum absolute atomic E-state index is 0.0198. The van der Waals surface area contributed by atoms with Crippen molar-refractivity contribution < 1.29 is 27.1 Å². The van der Waals surface area contributed by atoms with E-state index in [9.17, 15) is 22.4 Å². The van der Waals surface area contributed by atoms with E-state index in [4.69, 9.17) is 22.2 Å². The molecule has 0 spiro atoms. The van der Waals surface area contributed by atoms with Crippen molar-refractivity contribution in [1.29, 1.82) is 5.26 Å². The van der Waals surface area contributed by atoms with Crippen LogP contribution in [0.15, 0.2) is 36.4 Å². The SMILES string of the molecule is CC1(C)C(=O)N(c2ccc(C#N)c(C(F)(F)F)c2)C(=S)N1c1ccc(OCCC2CCNCC2)c(CCF)c1. The summed E-state index contributed by atoms with van der Waals surface area (Å²) >= 11 is 5.61. The van der Waals surface area contributed by atoms with Gasteiger partial charge in [0.15, 0.2) is 5.11 Å². The Labute approximate surface area is 230 Å². The molecule has 2 heterocycles. The molecule has 4 rings (SSSR count). The molecule has 0 aliphatic carbocycles. The van der Waals surface area contributed by atoms with Crippen molar-refractivity contribution in [1.82, 2.24) is 5.32 Å². The average Bonchev–Trinajstić information content (AvgIpc) is 3.08. The zero-order valence-corrected chi connectivity index (χ0v) is 22.6. The van der Waals surface area contributed by atoms with E-state index in [1.54, 1.807) is 36.9 Å². The van der Waals surface area contributed by atoms with Crippen LogP contribution in [-0.4, -0.2) is 42.9 Å². The number of carbonyl (C=O) groups excluding carboxylic acids is 1. The Bertz CT molecular complexity index is 1290. The molecule has 11 heteroatoms. The quantitative estimate of drug-likeness (QED) is 0.325. The van der Waals surface area contributed by atoms with E-state index in [0.717, 1.165) is 49.4 Å². The van der Waals surface area contributed by atoms with Crippen molar-refractivity contribution in [3.63, 3.8) is 0 Å². The van der Waals surface area contributed by atoms with E-state index in [-0.39, 0.29) is 17.2 Å². The number of aryl methyl sites for hydroxylation is 1. The second-order valence-electron chi connectivity index (χ2n) is 10.2. The van der Waals surface area contributed by atoms with Crippen LogP contribution in [0.2, 0.25) is 0 Å². The molecular formula is C28H30F4N4O2S. The predicted octanol–water partition coefficient (Wildman–Crippen LogP) is 5.77. The number of piperidine rings is 1. The Hall–Kier alpha value is -3.23. The molecule has 0 bridgehead atoms. The molecule has 2 aliphatic rings. The van der Waals surface area contributed by atoms with Gasteiger partial charge in [-0.3, -0.25) is 14.1 Å². The van der Waals surface area contributed by atoms with Gasteiger partial charge in [0.05, 0.1) is 36.2 Å². The van der Waals surface area contributed by atoms with Gasteiger partial charge >= 0.3 is 6.18 Å². The number of hydrogen-bond acceptors (Lipinski definition) is 5. The smallest absolute Gasteiger partial charge is 0.417 e. The van der Waals surface area contributed by atoms with E-state index in [0.29, 0.717) is 29.5 Å². The third-order valence-electron chi connectivity index (χ3n) is 7.26. The average molecular weight is 563 g/mol. The molecular weight excluding hydrogens is 532 g/mol. The molecule has 1 amide bonds. The number of halogens is 4. The number of hydrogen-bond donors (Lipinski definition) is 1. The van der Waals surface area contributed by atoms with Crippen LogP contribution < -0.4 is 19.9 Å². The highest BCUT2D eigenvalue weighted by Crippen LogP contribution is 2.40. The Morgan fingerprint density at radius 2 is 1.85 bits per heavy atom. The van der Waals surface area contributed by atoms with Crippen molar-refractivity contribution in [3.05, 3.63) is 53.1 Å². The van der Waals surface area contributed by atoms with Crippen LogP contribution in [-0.2, 0) is 17.4 Å². The van der Waals surface area contributed by atoms with Gasteiger partial charge in [0.25, 0.3) is 5.91 Å². The number of rotatable bonds is 8. The minimum Gasteiger partial charge on any atom is -0.493 e. The highest BCUT2D eigenvalue weighted by Gasteiger charge is 2.50. The van der Waals surface area contributed by atoms with E-state index in [2.05, 4.69) is 5.32 Å². The first kappa shape index (κ1) is 28.8. The fourth-order valence-corrected chi connectivity index (χ4v) is 5.63. The number of ether oxygens (including phenoxy) is 1. The number of thiocarbonyl (C=S) groups is 1. The Morgan fingerprint density at radius 1 is 1.15 bits per heavy atom. The monoisotopic (exact) mass is 562 g/mol. The number of benzene rings is 2. The molecule has 2 aromatic carbocycles. The van der Waals surface area contributed by atoms with Crippen LogP contribution in [0, 0.1) is 17.2 Å². The first-order valence-electron chi connectivity index (χ1n) is 12.8. The predicted molar refractivity (Wildman–Crippen MR) is 145 cm³/mol. The van der Waals surface area contributed by atoms with Crippen molar-refractivity contribution >= 4 is 34.6 Å². The molecule has 6 nitrogen and oxygen atoms in total. The number of nitrogens with one attached hydrogen (secondary N) is 1. The lowest BCUT2D eigenvalue weighted by Gasteiger charge is -2.30. The van der Waals surface area contributed by atoms with E-state index in [1.165, 1.54) is 12.1 Å². The van der Waals surface area contributed by atoms with Crippen LogP contribution in [0.4, 0.5) is 28.9 Å². The number of anilines is 2. The Morgan fingerprint density at radius 3 is 2.49 bits per heavy atom. The number of alkyl halides is 4. The summed E-state index contributed by atoms with van der Waals surface area (Å²) in [6.07, 6.45) is -1.61. The van der Waals surface area contributed by atoms with Gasteiger partial charge in [0.1, 0.15) is 11.3 Å². The van der Waals surface area contributed by atoms with Gasteiger partial charge in [-0.25, -0.2) is 0 Å². The van der Waals surface area contributed by atoms with Crippen molar-refractivity contribution in [2.45, 2.75) is 51.2 Å². The first-order valence-corrected chi connectivity index (χ1v) is 13.2. The first-order chi connectivity index (χ1) is 18.5. The maximum atomic E-state index is 13.6. The zero-order chi connectivity index (χ0) is 28.4. The number of carbonyl (C=O) groups is 1. The molecule has 0 unspecified atom stereocenters. The van der Waals surface area contributed by atoms with E-state index < -0.39 is 35.4 Å². The summed E-state index contributed by atoms with van der Waals surface area (Å²) in [4.78, 5) is 16.1. The lowest BCUT2D eigenvalue weighted by atomic mass is 9.95. The van der Waals surface area contributed by atoms with Gasteiger partial charge in [0.2, 0.25) is 0 Å². The molecule has 208 valence electrons. The summed E-state index contributed by atoms with van der Waals surface area (Å²) in [7, 11) is 0. The van der Waals surface area contributed by atoms with Gasteiger partial charge in [-0.1, -0.05) is 0 Å². The summed E-state index contributed by atoms with van der Waals surface area (Å²) in [6, 6.07) is 9.74. The number of amides is 1. The van der Waals surface area contributed by atoms with Crippen LogP contribution in [0.25, 0.3) is 0 Å². The zero-order valence-electron chi connectivity index (χ0n) is 21.8. The highest BCUT2D eigenvalue weighted by atomic mass is 32.1. The topological polar surface area (TPSA) is 68.6 Å². The fourth-order valence-electron chi connectivity index (χ4n) is 5.11. The standard InChI is InChI=1S/C28H30F4N4O2S/c1-27(2)25(37)35(21-4-3-20(17-33)23(16-21)28(30,31)32)26(39)36(27)22-5-6-24(19(15-22)7-11-29)38-14-10-18-8-12-34-13-9-18/h3-6,15-16,18,34H,7-14H2,1-2H3. The molecule has 0 aromatic heterocycles. The summed E-state index contributed by atoms with van der Waals surface area (Å²) in [5.41, 5.74) is -1.92. The molecule has 2 aliphatic heterocycles. The lowest BCUT2D eigenvalue weighted by Crippen LogP contribution is -2.44. The van der Waals surface area contributed by atoms with Crippen molar-refractivity contribution in [2.75, 3.05) is 36.2 Å². The second-order valence-corrected chi connectivity index (χ2v) is 10.6. The van der Waals surface area contributed by atoms with Crippen LogP contribution in [0.3, 0.4) is 0 Å². The Balaban J connectivity index is 1.62. The molecule has 2 aromatic rings. The minimum atomic E-state index is -4.79. The summed E-state index contributed by atoms with van der Waals surface area (Å²) in [5, 5.41) is 12.4. The third-order valence-corrected chi connectivity index (χ3v) is 7.63. The normalized spacial score (nSPS) is 18.0. The molecule has 1 N–H and O–H groups in total. The van der Waals surface area contributed by atoms with Crippen molar-refractivity contribution in [3.8, 4) is 11.8 Å². The summed E-state index contributed by atoms with van der Waals surface area (Å²) in [5.74, 6) is 0.605. The maximum Gasteiger partial charge on any atom is 0.417 e. The lowest BCUT2D eigenvalue weighted by molar-refractivity contribution is -0.137. The van der Waals surface area contributed by atoms with Gasteiger partial charge < -0.3 is 15.0 Å². The second kappa shape index (κ2) is 11.5. The molecule has 2 saturated heterocycles. The molecule has 2 fully saturated rings. The molecule has 0 saturated carbocycles. The highest BCUT2D eigenvalue weighted by molar-refractivity contribution is 7.81. The summed E-state index contributed by atoms with van der Waals surface area (Å²) in [6.45, 7) is 5.12.